The van der Waals surface area contributed by atoms with Crippen LogP contribution in [0.25, 0.3) is 0 Å². The highest BCUT2D eigenvalue weighted by Crippen LogP contribution is 2.47. The number of benzene rings is 1. The molecule has 0 bridgehead atoms. The number of ether oxygens (including phenoxy) is 2. The van der Waals surface area contributed by atoms with Crippen molar-refractivity contribution in [3.63, 3.8) is 0 Å². The molecule has 0 amide bonds. The van der Waals surface area contributed by atoms with Crippen molar-refractivity contribution in [1.82, 2.24) is 0 Å². The predicted molar refractivity (Wildman–Crippen MR) is 76.9 cm³/mol. The molecule has 2 fully saturated rings. The first-order valence-electron chi connectivity index (χ1n) is 6.74. The Bertz CT molecular complexity index is 551. The summed E-state index contributed by atoms with van der Waals surface area (Å²) in [5, 5.41) is 10.8. The van der Waals surface area contributed by atoms with Crippen LogP contribution in [0.1, 0.15) is 31.2 Å². The topological polar surface area (TPSA) is 42.2 Å². The van der Waals surface area contributed by atoms with Gasteiger partial charge in [-0.1, -0.05) is 29.3 Å². The first kappa shape index (κ1) is 14.2. The minimum Gasteiger partial charge on any atom is -0.348 e. The summed E-state index contributed by atoms with van der Waals surface area (Å²) in [4.78, 5) is 0. The molecule has 2 aliphatic rings. The summed E-state index contributed by atoms with van der Waals surface area (Å²) in [6.07, 6.45) is 2.81. The molecule has 0 radical (unpaired) electrons. The predicted octanol–water partition coefficient (Wildman–Crippen LogP) is 4.07. The van der Waals surface area contributed by atoms with Crippen LogP contribution in [0.3, 0.4) is 0 Å². The Kier molecular flexibility index (Phi) is 3.68. The lowest BCUT2D eigenvalue weighted by Crippen LogP contribution is -2.41. The lowest BCUT2D eigenvalue weighted by Gasteiger charge is -2.40. The van der Waals surface area contributed by atoms with Crippen molar-refractivity contribution in [3.05, 3.63) is 33.8 Å². The van der Waals surface area contributed by atoms with E-state index in [1.54, 1.807) is 12.1 Å². The van der Waals surface area contributed by atoms with Gasteiger partial charge in [0.15, 0.2) is 5.79 Å². The Morgan fingerprint density at radius 3 is 2.25 bits per heavy atom. The smallest absolute Gasteiger partial charge is 0.168 e. The van der Waals surface area contributed by atoms with Crippen LogP contribution in [0.5, 0.6) is 0 Å². The summed E-state index contributed by atoms with van der Waals surface area (Å²) in [6.45, 7) is 1.28. The molecule has 1 saturated heterocycles. The van der Waals surface area contributed by atoms with Gasteiger partial charge >= 0.3 is 0 Å². The maximum Gasteiger partial charge on any atom is 0.168 e. The van der Waals surface area contributed by atoms with Crippen LogP contribution in [-0.4, -0.2) is 19.0 Å². The number of hydrogen-bond donors (Lipinski definition) is 0. The lowest BCUT2D eigenvalue weighted by atomic mass is 9.68. The maximum atomic E-state index is 9.70. The molecule has 1 aromatic carbocycles. The van der Waals surface area contributed by atoms with E-state index in [0.717, 1.165) is 18.4 Å². The Balaban J connectivity index is 1.88. The van der Waals surface area contributed by atoms with Crippen LogP contribution < -0.4 is 0 Å². The molecule has 1 spiro atoms. The molecule has 3 nitrogen and oxygen atoms in total. The standard InChI is InChI=1S/C15H15Cl2NO2/c16-11-1-2-12(13(17)9-11)14(10-18)3-5-15(6-4-14)19-7-8-20-15/h1-2,9H,3-8H2. The molecule has 0 aromatic heterocycles. The average Bonchev–Trinajstić information content (AvgIpc) is 2.89. The van der Waals surface area contributed by atoms with Crippen molar-refractivity contribution in [2.45, 2.75) is 36.9 Å². The highest BCUT2D eigenvalue weighted by Gasteiger charge is 2.47. The highest BCUT2D eigenvalue weighted by atomic mass is 35.5. The Morgan fingerprint density at radius 2 is 1.70 bits per heavy atom. The quantitative estimate of drug-likeness (QED) is 0.785. The zero-order chi connectivity index (χ0) is 14.2. The minimum absolute atomic E-state index is 0.473. The normalized spacial score (nSPS) is 23.6. The molecule has 1 aliphatic carbocycles. The molecule has 106 valence electrons. The van der Waals surface area contributed by atoms with Crippen LogP contribution in [0.2, 0.25) is 10.0 Å². The maximum absolute atomic E-state index is 9.70. The van der Waals surface area contributed by atoms with Gasteiger partial charge in [-0.25, -0.2) is 0 Å². The zero-order valence-corrected chi connectivity index (χ0v) is 12.5. The van der Waals surface area contributed by atoms with E-state index in [4.69, 9.17) is 32.7 Å². The molecule has 5 heteroatoms. The van der Waals surface area contributed by atoms with Crippen LogP contribution in [0, 0.1) is 11.3 Å². The van der Waals surface area contributed by atoms with Crippen molar-refractivity contribution < 1.29 is 9.47 Å². The van der Waals surface area contributed by atoms with E-state index in [2.05, 4.69) is 6.07 Å². The molecule has 1 aliphatic heterocycles. The van der Waals surface area contributed by atoms with Crippen LogP contribution >= 0.6 is 23.2 Å². The van der Waals surface area contributed by atoms with Gasteiger partial charge in [0, 0.05) is 22.9 Å². The third kappa shape index (κ3) is 2.31. The molecule has 3 rings (SSSR count). The number of nitrogens with zero attached hydrogens (tertiary/aromatic N) is 1. The summed E-state index contributed by atoms with van der Waals surface area (Å²) in [5.41, 5.74) is 0.293. The van der Waals surface area contributed by atoms with Gasteiger partial charge in [-0.15, -0.1) is 0 Å². The zero-order valence-electron chi connectivity index (χ0n) is 11.0. The van der Waals surface area contributed by atoms with E-state index in [9.17, 15) is 5.26 Å². The Labute approximate surface area is 128 Å². The van der Waals surface area contributed by atoms with E-state index in [0.29, 0.717) is 36.1 Å². The van der Waals surface area contributed by atoms with E-state index < -0.39 is 11.2 Å². The van der Waals surface area contributed by atoms with Gasteiger partial charge in [0.2, 0.25) is 0 Å². The second kappa shape index (κ2) is 5.20. The summed E-state index contributed by atoms with van der Waals surface area (Å²) < 4.78 is 11.4. The van der Waals surface area contributed by atoms with Gasteiger partial charge in [-0.3, -0.25) is 0 Å². The number of halogens is 2. The van der Waals surface area contributed by atoms with Gasteiger partial charge in [0.25, 0.3) is 0 Å². The van der Waals surface area contributed by atoms with Crippen molar-refractivity contribution in [3.8, 4) is 6.07 Å². The van der Waals surface area contributed by atoms with Gasteiger partial charge in [-0.05, 0) is 30.5 Å². The summed E-state index contributed by atoms with van der Waals surface area (Å²) >= 11 is 12.2. The molecule has 0 atom stereocenters. The lowest BCUT2D eigenvalue weighted by molar-refractivity contribution is -0.182. The van der Waals surface area contributed by atoms with Crippen LogP contribution in [-0.2, 0) is 14.9 Å². The van der Waals surface area contributed by atoms with E-state index >= 15 is 0 Å². The third-order valence-corrected chi connectivity index (χ3v) is 4.89. The van der Waals surface area contributed by atoms with Gasteiger partial charge in [0.1, 0.15) is 0 Å². The molecule has 1 aromatic rings. The van der Waals surface area contributed by atoms with Crippen LogP contribution in [0.4, 0.5) is 0 Å². The Morgan fingerprint density at radius 1 is 1.05 bits per heavy atom. The number of nitriles is 1. The Hall–Kier alpha value is -0.790. The van der Waals surface area contributed by atoms with E-state index in [1.165, 1.54) is 0 Å². The molecule has 1 heterocycles. The second-order valence-electron chi connectivity index (χ2n) is 5.43. The number of hydrogen-bond acceptors (Lipinski definition) is 3. The van der Waals surface area contributed by atoms with E-state index in [-0.39, 0.29) is 0 Å². The van der Waals surface area contributed by atoms with Crippen molar-refractivity contribution in [2.24, 2.45) is 0 Å². The molecular formula is C15H15Cl2NO2. The van der Waals surface area contributed by atoms with E-state index in [1.807, 2.05) is 6.07 Å². The minimum atomic E-state index is -0.567. The highest BCUT2D eigenvalue weighted by molar-refractivity contribution is 6.35. The molecule has 20 heavy (non-hydrogen) atoms. The average molecular weight is 312 g/mol. The summed E-state index contributed by atoms with van der Waals surface area (Å²) in [7, 11) is 0. The monoisotopic (exact) mass is 311 g/mol. The fourth-order valence-electron chi connectivity index (χ4n) is 3.16. The third-order valence-electron chi connectivity index (χ3n) is 4.34. The first-order valence-corrected chi connectivity index (χ1v) is 7.50. The summed E-state index contributed by atoms with van der Waals surface area (Å²) in [5.74, 6) is -0.473. The van der Waals surface area contributed by atoms with Crippen LogP contribution in [0.15, 0.2) is 18.2 Å². The molecule has 0 unspecified atom stereocenters. The van der Waals surface area contributed by atoms with Gasteiger partial charge < -0.3 is 9.47 Å². The van der Waals surface area contributed by atoms with Gasteiger partial charge in [0.05, 0.1) is 24.7 Å². The summed E-state index contributed by atoms with van der Waals surface area (Å²) in [6, 6.07) is 7.81. The first-order chi connectivity index (χ1) is 9.59. The fourth-order valence-corrected chi connectivity index (χ4v) is 3.75. The molecular weight excluding hydrogens is 297 g/mol. The molecule has 0 N–H and O–H groups in total. The fraction of sp³-hybridized carbons (Fsp3) is 0.533. The largest absolute Gasteiger partial charge is 0.348 e. The second-order valence-corrected chi connectivity index (χ2v) is 6.27. The SMILES string of the molecule is N#CC1(c2ccc(Cl)cc2Cl)CCC2(CC1)OCCO2. The van der Waals surface area contributed by atoms with Crippen molar-refractivity contribution >= 4 is 23.2 Å². The van der Waals surface area contributed by atoms with Crippen molar-refractivity contribution in [1.29, 1.82) is 5.26 Å². The number of rotatable bonds is 1. The van der Waals surface area contributed by atoms with Crippen molar-refractivity contribution in [2.75, 3.05) is 13.2 Å². The molecule has 1 saturated carbocycles. The van der Waals surface area contributed by atoms with Gasteiger partial charge in [-0.2, -0.15) is 5.26 Å².